The van der Waals surface area contributed by atoms with Gasteiger partial charge in [0.25, 0.3) is 11.8 Å². The average molecular weight is 541 g/mol. The minimum Gasteiger partial charge on any atom is -0.351 e. The van der Waals surface area contributed by atoms with E-state index in [1.807, 2.05) is 0 Å². The molecular weight excluding hydrogens is 527 g/mol. The van der Waals surface area contributed by atoms with Crippen LogP contribution in [0.5, 0.6) is 0 Å². The lowest BCUT2D eigenvalue weighted by Gasteiger charge is -2.20. The summed E-state index contributed by atoms with van der Waals surface area (Å²) in [5.74, 6) is -4.81. The van der Waals surface area contributed by atoms with Gasteiger partial charge in [0.2, 0.25) is 0 Å². The Labute approximate surface area is 209 Å². The fourth-order valence-electron chi connectivity index (χ4n) is 3.08. The number of nitrogens with two attached hydrogens (primary N) is 1. The Morgan fingerprint density at radius 2 is 1.49 bits per heavy atom. The van der Waals surface area contributed by atoms with E-state index >= 15 is 0 Å². The predicted octanol–water partition coefficient (Wildman–Crippen LogP) is 5.32. The second-order valence-corrected chi connectivity index (χ2v) is 7.63. The lowest BCUT2D eigenvalue weighted by atomic mass is 10.1. The van der Waals surface area contributed by atoms with Crippen molar-refractivity contribution in [3.8, 4) is 0 Å². The highest BCUT2D eigenvalue weighted by Crippen LogP contribution is 2.37. The molecule has 37 heavy (non-hydrogen) atoms. The van der Waals surface area contributed by atoms with Gasteiger partial charge < -0.3 is 11.1 Å². The van der Waals surface area contributed by atoms with Gasteiger partial charge in [-0.1, -0.05) is 17.7 Å². The Bertz CT molecular complexity index is 1380. The number of hydrogen-bond acceptors (Lipinski definition) is 4. The third-order valence-corrected chi connectivity index (χ3v) is 5.07. The largest absolute Gasteiger partial charge is 0.417 e. The van der Waals surface area contributed by atoms with Crippen molar-refractivity contribution in [2.45, 2.75) is 6.18 Å². The zero-order chi connectivity index (χ0) is 27.5. The minimum absolute atomic E-state index is 0.00679. The zero-order valence-corrected chi connectivity index (χ0v) is 19.0. The number of hydrogen-bond donors (Lipinski definition) is 3. The fraction of sp³-hybridized carbons (Fsp3) is 0.0435. The number of primary amides is 1. The maximum absolute atomic E-state index is 13.7. The van der Waals surface area contributed by atoms with Gasteiger partial charge in [0.15, 0.2) is 0 Å². The molecule has 0 atom stereocenters. The highest BCUT2D eigenvalue weighted by molar-refractivity contribution is 6.31. The number of carbonyl (C=O) groups is 4. The van der Waals surface area contributed by atoms with Crippen LogP contribution in [0.2, 0.25) is 5.02 Å². The van der Waals surface area contributed by atoms with E-state index in [0.717, 1.165) is 54.6 Å². The first kappa shape index (κ1) is 27.1. The smallest absolute Gasteiger partial charge is 0.351 e. The molecule has 4 N–H and O–H groups in total. The van der Waals surface area contributed by atoms with Crippen LogP contribution >= 0.6 is 11.6 Å². The highest BCUT2D eigenvalue weighted by Gasteiger charge is 2.35. The van der Waals surface area contributed by atoms with Crippen LogP contribution in [0.3, 0.4) is 0 Å². The van der Waals surface area contributed by atoms with Crippen LogP contribution in [0.15, 0.2) is 60.7 Å². The molecule has 3 aromatic carbocycles. The van der Waals surface area contributed by atoms with E-state index in [1.165, 1.54) is 0 Å². The third-order valence-electron chi connectivity index (χ3n) is 4.74. The van der Waals surface area contributed by atoms with Crippen LogP contribution in [0.1, 0.15) is 26.3 Å². The first-order valence-electron chi connectivity index (χ1n) is 9.96. The Morgan fingerprint density at radius 3 is 2.03 bits per heavy atom. The van der Waals surface area contributed by atoms with Gasteiger partial charge >= 0.3 is 18.2 Å². The van der Waals surface area contributed by atoms with Crippen molar-refractivity contribution in [3.63, 3.8) is 0 Å². The van der Waals surface area contributed by atoms with Crippen LogP contribution in [0.25, 0.3) is 0 Å². The Hall–Kier alpha value is -4.52. The summed E-state index contributed by atoms with van der Waals surface area (Å²) in [6, 6.07) is 7.01. The second kappa shape index (κ2) is 10.6. The zero-order valence-electron chi connectivity index (χ0n) is 18.2. The van der Waals surface area contributed by atoms with Crippen LogP contribution in [-0.4, -0.2) is 23.9 Å². The molecule has 8 nitrogen and oxygen atoms in total. The maximum Gasteiger partial charge on any atom is 0.417 e. The normalized spacial score (nSPS) is 11.0. The Balaban J connectivity index is 1.76. The summed E-state index contributed by atoms with van der Waals surface area (Å²) in [4.78, 5) is 49.0. The van der Waals surface area contributed by atoms with Crippen molar-refractivity contribution in [1.29, 1.82) is 0 Å². The second-order valence-electron chi connectivity index (χ2n) is 7.22. The van der Waals surface area contributed by atoms with Crippen molar-refractivity contribution in [1.82, 2.24) is 5.32 Å². The Morgan fingerprint density at radius 1 is 0.892 bits per heavy atom. The molecule has 14 heteroatoms. The summed E-state index contributed by atoms with van der Waals surface area (Å²) in [5, 5.41) is 3.27. The van der Waals surface area contributed by atoms with E-state index in [0.29, 0.717) is 11.0 Å². The van der Waals surface area contributed by atoms with E-state index in [2.05, 4.69) is 5.32 Å². The summed E-state index contributed by atoms with van der Waals surface area (Å²) in [6.45, 7) is 0. The van der Waals surface area contributed by atoms with Gasteiger partial charge in [0.05, 0.1) is 16.3 Å². The minimum atomic E-state index is -4.87. The van der Waals surface area contributed by atoms with Crippen molar-refractivity contribution >= 4 is 46.9 Å². The lowest BCUT2D eigenvalue weighted by Crippen LogP contribution is -2.41. The number of alkyl halides is 3. The van der Waals surface area contributed by atoms with Crippen LogP contribution in [-0.2, 0) is 6.18 Å². The molecule has 192 valence electrons. The molecule has 6 amide bonds. The molecule has 0 aliphatic heterocycles. The first-order valence-corrected chi connectivity index (χ1v) is 10.3. The first-order chi connectivity index (χ1) is 17.3. The summed E-state index contributed by atoms with van der Waals surface area (Å²) in [7, 11) is 0. The van der Waals surface area contributed by atoms with Crippen molar-refractivity contribution in [2.24, 2.45) is 5.73 Å². The molecular formula is C23H14ClF5N4O4. The number of halogens is 6. The van der Waals surface area contributed by atoms with Crippen molar-refractivity contribution in [3.05, 3.63) is 94.0 Å². The number of benzene rings is 3. The van der Waals surface area contributed by atoms with Crippen molar-refractivity contribution < 1.29 is 41.1 Å². The molecule has 0 spiro atoms. The lowest BCUT2D eigenvalue weighted by molar-refractivity contribution is -0.137. The SMILES string of the molecule is NC(=O)N(C(=O)c1ccc(NC(=O)NC(=O)c2c(F)cccc2F)cc1)c1ccc(Cl)c(C(F)(F)F)c1. The van der Waals surface area contributed by atoms with Crippen LogP contribution < -0.4 is 21.3 Å². The van der Waals surface area contributed by atoms with E-state index in [-0.39, 0.29) is 11.3 Å². The summed E-state index contributed by atoms with van der Waals surface area (Å²) in [5.41, 5.74) is 2.26. The number of carbonyl (C=O) groups excluding carboxylic acids is 4. The molecule has 3 aromatic rings. The van der Waals surface area contributed by atoms with Crippen molar-refractivity contribution in [2.75, 3.05) is 10.2 Å². The Kier molecular flexibility index (Phi) is 7.77. The average Bonchev–Trinajstić information content (AvgIpc) is 2.79. The van der Waals surface area contributed by atoms with Crippen LogP contribution in [0, 0.1) is 11.6 Å². The molecule has 0 heterocycles. The fourth-order valence-corrected chi connectivity index (χ4v) is 3.31. The predicted molar refractivity (Wildman–Crippen MR) is 122 cm³/mol. The number of rotatable bonds is 4. The van der Waals surface area contributed by atoms with E-state index < -0.39 is 63.5 Å². The summed E-state index contributed by atoms with van der Waals surface area (Å²) < 4.78 is 66.9. The van der Waals surface area contributed by atoms with E-state index in [1.54, 1.807) is 5.32 Å². The molecule has 0 saturated heterocycles. The molecule has 0 aliphatic rings. The standard InChI is InChI=1S/C23H14ClF5N4O4/c24-15-9-8-13(10-14(15)23(27,28)29)33(21(30)36)20(35)11-4-6-12(7-5-11)31-22(37)32-19(34)18-16(25)2-1-3-17(18)26/h1-10H,(H2,30,36)(H2,31,32,34,37). The molecule has 0 bridgehead atoms. The number of anilines is 2. The maximum atomic E-state index is 13.7. The van der Waals surface area contributed by atoms with Crippen LogP contribution in [0.4, 0.5) is 42.9 Å². The monoisotopic (exact) mass is 540 g/mol. The molecule has 0 saturated carbocycles. The van der Waals surface area contributed by atoms with Gasteiger partial charge in [0, 0.05) is 11.3 Å². The topological polar surface area (TPSA) is 122 Å². The van der Waals surface area contributed by atoms with E-state index in [4.69, 9.17) is 17.3 Å². The number of imide groups is 2. The number of nitrogens with one attached hydrogen (secondary N) is 2. The van der Waals surface area contributed by atoms with Gasteiger partial charge in [-0.05, 0) is 54.6 Å². The number of urea groups is 2. The van der Waals surface area contributed by atoms with Gasteiger partial charge in [-0.3, -0.25) is 14.9 Å². The third kappa shape index (κ3) is 6.19. The summed E-state index contributed by atoms with van der Waals surface area (Å²) >= 11 is 5.56. The molecule has 0 aliphatic carbocycles. The van der Waals surface area contributed by atoms with Gasteiger partial charge in [-0.2, -0.15) is 13.2 Å². The van der Waals surface area contributed by atoms with Gasteiger partial charge in [0.1, 0.15) is 17.2 Å². The molecule has 0 fully saturated rings. The molecule has 0 aromatic heterocycles. The number of nitrogens with zero attached hydrogens (tertiary/aromatic N) is 1. The van der Waals surface area contributed by atoms with Gasteiger partial charge in [-0.25, -0.2) is 23.3 Å². The van der Waals surface area contributed by atoms with Gasteiger partial charge in [-0.15, -0.1) is 0 Å². The molecule has 0 unspecified atom stereocenters. The number of amides is 6. The highest BCUT2D eigenvalue weighted by atomic mass is 35.5. The quantitative estimate of drug-likeness (QED) is 0.387. The molecule has 0 radical (unpaired) electrons. The summed E-state index contributed by atoms with van der Waals surface area (Å²) in [6.07, 6.45) is -4.87. The molecule has 3 rings (SSSR count). The van der Waals surface area contributed by atoms with E-state index in [9.17, 15) is 41.1 Å².